The summed E-state index contributed by atoms with van der Waals surface area (Å²) in [7, 11) is 0. The van der Waals surface area contributed by atoms with E-state index in [9.17, 15) is 0 Å². The molecule has 0 spiro atoms. The van der Waals surface area contributed by atoms with E-state index in [0.717, 1.165) is 17.2 Å². The van der Waals surface area contributed by atoms with Crippen LogP contribution in [0.1, 0.15) is 6.92 Å². The van der Waals surface area contributed by atoms with Crippen molar-refractivity contribution in [1.82, 2.24) is 4.98 Å². The molecule has 2 aromatic rings. The molecule has 1 N–H and O–H groups in total. The van der Waals surface area contributed by atoms with Gasteiger partial charge in [-0.2, -0.15) is 0 Å². The number of anilines is 1. The van der Waals surface area contributed by atoms with Gasteiger partial charge in [0.25, 0.3) is 0 Å². The summed E-state index contributed by atoms with van der Waals surface area (Å²) in [6, 6.07) is 6.31. The van der Waals surface area contributed by atoms with Crippen LogP contribution in [-0.2, 0) is 0 Å². The van der Waals surface area contributed by atoms with Gasteiger partial charge >= 0.3 is 0 Å². The van der Waals surface area contributed by atoms with Gasteiger partial charge in [-0.1, -0.05) is 11.3 Å². The van der Waals surface area contributed by atoms with Crippen molar-refractivity contribution in [3.05, 3.63) is 21.8 Å². The summed E-state index contributed by atoms with van der Waals surface area (Å²) >= 11 is 4.03. The van der Waals surface area contributed by atoms with Gasteiger partial charge < -0.3 is 5.32 Å². The molecule has 0 aliphatic heterocycles. The van der Waals surface area contributed by atoms with E-state index in [1.807, 2.05) is 0 Å². The van der Waals surface area contributed by atoms with Crippen molar-refractivity contribution < 1.29 is 0 Å². The zero-order valence-electron chi connectivity index (χ0n) is 7.17. The second-order valence-electron chi connectivity index (χ2n) is 2.66. The van der Waals surface area contributed by atoms with Crippen LogP contribution in [0.3, 0.4) is 0 Å². The molecule has 4 heteroatoms. The van der Waals surface area contributed by atoms with Crippen LogP contribution in [0, 0.1) is 3.57 Å². The number of nitrogens with zero attached hydrogens (tertiary/aromatic N) is 1. The Kier molecular flexibility index (Phi) is 2.69. The number of hydrogen-bond acceptors (Lipinski definition) is 3. The summed E-state index contributed by atoms with van der Waals surface area (Å²) < 4.78 is 2.51. The van der Waals surface area contributed by atoms with Crippen LogP contribution >= 0.6 is 33.9 Å². The molecule has 0 saturated heterocycles. The van der Waals surface area contributed by atoms with Crippen molar-refractivity contribution in [2.45, 2.75) is 6.92 Å². The molecule has 0 saturated carbocycles. The van der Waals surface area contributed by atoms with Crippen molar-refractivity contribution in [2.75, 3.05) is 11.9 Å². The Balaban J connectivity index is 2.49. The monoisotopic (exact) mass is 304 g/mol. The molecule has 1 aromatic carbocycles. The quantitative estimate of drug-likeness (QED) is 0.861. The minimum atomic E-state index is 0.927. The van der Waals surface area contributed by atoms with E-state index in [0.29, 0.717) is 0 Å². The van der Waals surface area contributed by atoms with Crippen LogP contribution in [0.5, 0.6) is 0 Å². The molecule has 0 bridgehead atoms. The fourth-order valence-electron chi connectivity index (χ4n) is 1.13. The Labute approximate surface area is 94.5 Å². The van der Waals surface area contributed by atoms with E-state index in [2.05, 4.69) is 58.0 Å². The zero-order chi connectivity index (χ0) is 9.26. The first-order valence-corrected chi connectivity index (χ1v) is 5.99. The van der Waals surface area contributed by atoms with E-state index in [4.69, 9.17) is 0 Å². The molecule has 0 fully saturated rings. The van der Waals surface area contributed by atoms with Gasteiger partial charge in [0.2, 0.25) is 0 Å². The van der Waals surface area contributed by atoms with Gasteiger partial charge in [-0.05, 0) is 47.7 Å². The van der Waals surface area contributed by atoms with Crippen LogP contribution in [-0.4, -0.2) is 11.5 Å². The van der Waals surface area contributed by atoms with Crippen molar-refractivity contribution in [3.63, 3.8) is 0 Å². The van der Waals surface area contributed by atoms with Gasteiger partial charge in [0, 0.05) is 10.1 Å². The second-order valence-corrected chi connectivity index (χ2v) is 4.94. The normalized spacial score (nSPS) is 10.6. The lowest BCUT2D eigenvalue weighted by atomic mass is 10.3. The fraction of sp³-hybridized carbons (Fsp3) is 0.222. The highest BCUT2D eigenvalue weighted by Crippen LogP contribution is 2.26. The maximum Gasteiger partial charge on any atom is 0.183 e. The molecule has 2 rings (SSSR count). The van der Waals surface area contributed by atoms with E-state index >= 15 is 0 Å². The van der Waals surface area contributed by atoms with Crippen LogP contribution < -0.4 is 5.32 Å². The predicted molar refractivity (Wildman–Crippen MR) is 66.5 cm³/mol. The molecular weight excluding hydrogens is 295 g/mol. The lowest BCUT2D eigenvalue weighted by Gasteiger charge is -1.91. The molecule has 68 valence electrons. The summed E-state index contributed by atoms with van der Waals surface area (Å²) in [4.78, 5) is 4.45. The van der Waals surface area contributed by atoms with Crippen LogP contribution in [0.4, 0.5) is 5.13 Å². The molecule has 0 amide bonds. The number of thiazole rings is 1. The van der Waals surface area contributed by atoms with Gasteiger partial charge in [0.05, 0.1) is 10.2 Å². The van der Waals surface area contributed by atoms with Gasteiger partial charge in [0.15, 0.2) is 5.13 Å². The number of nitrogens with one attached hydrogen (secondary N) is 1. The largest absolute Gasteiger partial charge is 0.362 e. The maximum absolute atomic E-state index is 4.45. The van der Waals surface area contributed by atoms with E-state index in [1.54, 1.807) is 11.3 Å². The molecule has 1 aromatic heterocycles. The van der Waals surface area contributed by atoms with Crippen LogP contribution in [0.15, 0.2) is 18.2 Å². The zero-order valence-corrected chi connectivity index (χ0v) is 10.1. The number of hydrogen-bond donors (Lipinski definition) is 1. The number of halogens is 1. The average molecular weight is 304 g/mol. The molecule has 0 aliphatic rings. The molecule has 0 unspecified atom stereocenters. The molecule has 1 heterocycles. The minimum Gasteiger partial charge on any atom is -0.362 e. The molecular formula is C9H9IN2S. The number of fused-ring (bicyclic) bond motifs is 1. The van der Waals surface area contributed by atoms with Crippen LogP contribution in [0.2, 0.25) is 0 Å². The van der Waals surface area contributed by atoms with Crippen LogP contribution in [0.25, 0.3) is 10.2 Å². The Morgan fingerprint density at radius 1 is 1.54 bits per heavy atom. The second kappa shape index (κ2) is 3.79. The number of aromatic nitrogens is 1. The maximum atomic E-state index is 4.45. The van der Waals surface area contributed by atoms with E-state index < -0.39 is 0 Å². The Morgan fingerprint density at radius 3 is 3.15 bits per heavy atom. The SMILES string of the molecule is CCNc1nc2ccc(I)cc2s1. The molecule has 0 radical (unpaired) electrons. The molecule has 0 atom stereocenters. The fourth-order valence-corrected chi connectivity index (χ4v) is 2.80. The Bertz CT molecular complexity index is 424. The van der Waals surface area contributed by atoms with Gasteiger partial charge in [-0.3, -0.25) is 0 Å². The third kappa shape index (κ3) is 1.94. The highest BCUT2D eigenvalue weighted by molar-refractivity contribution is 14.1. The summed E-state index contributed by atoms with van der Waals surface area (Å²) in [5, 5.41) is 4.23. The lowest BCUT2D eigenvalue weighted by molar-refractivity contribution is 1.20. The topological polar surface area (TPSA) is 24.9 Å². The first-order chi connectivity index (χ1) is 6.29. The van der Waals surface area contributed by atoms with E-state index in [-0.39, 0.29) is 0 Å². The summed E-state index contributed by atoms with van der Waals surface area (Å²) in [5.74, 6) is 0. The number of rotatable bonds is 2. The van der Waals surface area contributed by atoms with Gasteiger partial charge in [-0.25, -0.2) is 4.98 Å². The van der Waals surface area contributed by atoms with Crippen molar-refractivity contribution in [3.8, 4) is 0 Å². The van der Waals surface area contributed by atoms with Crippen molar-refractivity contribution >= 4 is 49.3 Å². The van der Waals surface area contributed by atoms with Crippen molar-refractivity contribution in [2.24, 2.45) is 0 Å². The summed E-state index contributed by atoms with van der Waals surface area (Å²) in [5.41, 5.74) is 1.08. The third-order valence-electron chi connectivity index (χ3n) is 1.68. The lowest BCUT2D eigenvalue weighted by Crippen LogP contribution is -1.94. The Morgan fingerprint density at radius 2 is 2.38 bits per heavy atom. The average Bonchev–Trinajstić information content (AvgIpc) is 2.46. The molecule has 13 heavy (non-hydrogen) atoms. The summed E-state index contributed by atoms with van der Waals surface area (Å²) in [6.45, 7) is 3.01. The highest BCUT2D eigenvalue weighted by Gasteiger charge is 2.01. The van der Waals surface area contributed by atoms with Gasteiger partial charge in [0.1, 0.15) is 0 Å². The standard InChI is InChI=1S/C9H9IN2S/c1-2-11-9-12-7-4-3-6(10)5-8(7)13-9/h3-5H,2H2,1H3,(H,11,12). The first kappa shape index (κ1) is 9.21. The molecule has 0 aliphatic carbocycles. The predicted octanol–water partition coefficient (Wildman–Crippen LogP) is 3.33. The number of benzene rings is 1. The third-order valence-corrected chi connectivity index (χ3v) is 3.33. The molecule has 2 nitrogen and oxygen atoms in total. The summed E-state index contributed by atoms with van der Waals surface area (Å²) in [6.07, 6.45) is 0. The highest BCUT2D eigenvalue weighted by atomic mass is 127. The van der Waals surface area contributed by atoms with Crippen molar-refractivity contribution in [1.29, 1.82) is 0 Å². The minimum absolute atomic E-state index is 0.927. The van der Waals surface area contributed by atoms with E-state index in [1.165, 1.54) is 8.27 Å². The van der Waals surface area contributed by atoms with Gasteiger partial charge in [-0.15, -0.1) is 0 Å². The first-order valence-electron chi connectivity index (χ1n) is 4.09. The Hall–Kier alpha value is -0.360. The smallest absolute Gasteiger partial charge is 0.183 e.